The van der Waals surface area contributed by atoms with Gasteiger partial charge in [-0.1, -0.05) is 146 Å². The van der Waals surface area contributed by atoms with Gasteiger partial charge in [0, 0.05) is 53.0 Å². The topological polar surface area (TPSA) is 21.3 Å². The van der Waals surface area contributed by atoms with E-state index in [4.69, 9.17) is 4.42 Å². The number of hydrogen-bond acceptors (Lipinski definition) is 3. The van der Waals surface area contributed by atoms with Crippen LogP contribution < -0.4 is 4.90 Å². The van der Waals surface area contributed by atoms with Crippen molar-refractivity contribution in [3.8, 4) is 27.9 Å². The van der Waals surface area contributed by atoms with Crippen molar-refractivity contribution in [2.75, 3.05) is 4.90 Å². The normalized spacial score (nSPS) is 11.8. The second-order valence-corrected chi connectivity index (χ2v) is 15.9. The standard InChI is InChI=1S/C54H34N2OS/c1-3-16-35(17-4-1)44-34-36(38-23-13-25-42-40-21-9-12-31-51(40)58-54(38)42)32-33-46(44)56(49-29-14-24-41-39-20-8-11-30-50(39)57-53(41)49)48-28-15-27-47-52(48)43-22-7-10-26-45(43)55(47)37-18-5-2-6-19-37/h1-34H. The van der Waals surface area contributed by atoms with Gasteiger partial charge in [-0.2, -0.15) is 0 Å². The lowest BCUT2D eigenvalue weighted by Crippen LogP contribution is -2.12. The minimum Gasteiger partial charge on any atom is -0.454 e. The van der Waals surface area contributed by atoms with E-state index >= 15 is 0 Å². The lowest BCUT2D eigenvalue weighted by molar-refractivity contribution is 0.669. The molecule has 3 nitrogen and oxygen atoms in total. The number of rotatable bonds is 6. The smallest absolute Gasteiger partial charge is 0.159 e. The SMILES string of the molecule is c1ccc(-c2cc(-c3cccc4c3sc3ccccc34)ccc2N(c2cccc3c2oc2ccccc23)c2cccc3c2c2ccccc2n3-c2ccccc2)cc1. The van der Waals surface area contributed by atoms with E-state index in [9.17, 15) is 0 Å². The minimum absolute atomic E-state index is 0.852. The molecule has 58 heavy (non-hydrogen) atoms. The highest BCUT2D eigenvalue weighted by molar-refractivity contribution is 7.26. The number of thiophene rings is 1. The summed E-state index contributed by atoms with van der Waals surface area (Å²) in [5, 5.41) is 7.15. The Labute approximate surface area is 338 Å². The highest BCUT2D eigenvalue weighted by atomic mass is 32.1. The zero-order valence-corrected chi connectivity index (χ0v) is 32.2. The first-order chi connectivity index (χ1) is 28.8. The maximum atomic E-state index is 6.85. The fourth-order valence-electron chi connectivity index (χ4n) is 9.06. The van der Waals surface area contributed by atoms with Crippen molar-refractivity contribution in [3.05, 3.63) is 206 Å². The number of nitrogens with zero attached hydrogens (tertiary/aromatic N) is 2. The Morgan fingerprint density at radius 2 is 1.07 bits per heavy atom. The number of benzene rings is 9. The van der Waals surface area contributed by atoms with Crippen LogP contribution in [0.5, 0.6) is 0 Å². The molecule has 0 radical (unpaired) electrons. The molecule has 0 aliphatic carbocycles. The van der Waals surface area contributed by atoms with Gasteiger partial charge in [0.15, 0.2) is 5.58 Å². The molecule has 0 saturated carbocycles. The number of fused-ring (bicyclic) bond motifs is 9. The predicted octanol–water partition coefficient (Wildman–Crippen LogP) is 15.9. The largest absolute Gasteiger partial charge is 0.454 e. The maximum absolute atomic E-state index is 6.85. The molecule has 0 saturated heterocycles. The third kappa shape index (κ3) is 4.99. The number of furan rings is 1. The van der Waals surface area contributed by atoms with Crippen molar-refractivity contribution < 1.29 is 4.42 Å². The van der Waals surface area contributed by atoms with Gasteiger partial charge in [0.2, 0.25) is 0 Å². The van der Waals surface area contributed by atoms with Gasteiger partial charge < -0.3 is 13.9 Å². The second kappa shape index (κ2) is 13.1. The molecule has 4 heteroatoms. The first kappa shape index (κ1) is 32.8. The van der Waals surface area contributed by atoms with Crippen LogP contribution in [0.3, 0.4) is 0 Å². The summed E-state index contributed by atoms with van der Waals surface area (Å²) in [7, 11) is 0. The van der Waals surface area contributed by atoms with Crippen molar-refractivity contribution in [2.45, 2.75) is 0 Å². The molecule has 0 aliphatic rings. The van der Waals surface area contributed by atoms with Gasteiger partial charge in [0.05, 0.1) is 28.1 Å². The van der Waals surface area contributed by atoms with E-state index in [2.05, 4.69) is 210 Å². The summed E-state index contributed by atoms with van der Waals surface area (Å²) < 4.78 is 11.8. The fraction of sp³-hybridized carbons (Fsp3) is 0. The average Bonchev–Trinajstić information content (AvgIpc) is 3.98. The van der Waals surface area contributed by atoms with E-state index in [1.54, 1.807) is 0 Å². The van der Waals surface area contributed by atoms with E-state index in [1.807, 2.05) is 17.4 Å². The Morgan fingerprint density at radius 1 is 0.414 bits per heavy atom. The van der Waals surface area contributed by atoms with Gasteiger partial charge in [0.25, 0.3) is 0 Å². The van der Waals surface area contributed by atoms with Crippen molar-refractivity contribution in [1.29, 1.82) is 0 Å². The predicted molar refractivity (Wildman–Crippen MR) is 247 cm³/mol. The summed E-state index contributed by atoms with van der Waals surface area (Å²) in [5.41, 5.74) is 13.0. The summed E-state index contributed by atoms with van der Waals surface area (Å²) in [6.45, 7) is 0. The molecule has 3 aromatic heterocycles. The second-order valence-electron chi connectivity index (χ2n) is 14.8. The maximum Gasteiger partial charge on any atom is 0.159 e. The lowest BCUT2D eigenvalue weighted by Gasteiger charge is -2.29. The fourth-order valence-corrected chi connectivity index (χ4v) is 10.3. The Kier molecular flexibility index (Phi) is 7.40. The van der Waals surface area contributed by atoms with Crippen LogP contribution in [0.25, 0.3) is 91.9 Å². The van der Waals surface area contributed by atoms with Gasteiger partial charge in [-0.3, -0.25) is 0 Å². The summed E-state index contributed by atoms with van der Waals surface area (Å²) in [6.07, 6.45) is 0. The molecule has 272 valence electrons. The summed E-state index contributed by atoms with van der Waals surface area (Å²) in [5.74, 6) is 0. The zero-order chi connectivity index (χ0) is 38.2. The summed E-state index contributed by atoms with van der Waals surface area (Å²) >= 11 is 1.87. The average molecular weight is 759 g/mol. The van der Waals surface area contributed by atoms with E-state index in [1.165, 1.54) is 42.1 Å². The van der Waals surface area contributed by atoms with Crippen molar-refractivity contribution in [2.24, 2.45) is 0 Å². The molecule has 9 aromatic carbocycles. The number of para-hydroxylation sites is 4. The van der Waals surface area contributed by atoms with Crippen LogP contribution in [0.2, 0.25) is 0 Å². The first-order valence-electron chi connectivity index (χ1n) is 19.7. The van der Waals surface area contributed by atoms with E-state index in [0.29, 0.717) is 0 Å². The Balaban J connectivity index is 1.19. The van der Waals surface area contributed by atoms with Crippen molar-refractivity contribution in [1.82, 2.24) is 4.57 Å². The van der Waals surface area contributed by atoms with Crippen LogP contribution in [0.15, 0.2) is 211 Å². The van der Waals surface area contributed by atoms with E-state index in [0.717, 1.165) is 66.8 Å². The molecule has 0 N–H and O–H groups in total. The quantitative estimate of drug-likeness (QED) is 0.168. The minimum atomic E-state index is 0.852. The third-order valence-corrected chi connectivity index (χ3v) is 12.8. The molecule has 12 aromatic rings. The molecular weight excluding hydrogens is 725 g/mol. The molecule has 0 fully saturated rings. The highest BCUT2D eigenvalue weighted by Crippen LogP contribution is 2.50. The van der Waals surface area contributed by atoms with Gasteiger partial charge in [-0.15, -0.1) is 11.3 Å². The third-order valence-electron chi connectivity index (χ3n) is 11.6. The van der Waals surface area contributed by atoms with Gasteiger partial charge in [-0.05, 0) is 77.4 Å². The molecule has 0 spiro atoms. The lowest BCUT2D eigenvalue weighted by atomic mass is 9.95. The monoisotopic (exact) mass is 758 g/mol. The van der Waals surface area contributed by atoms with Crippen LogP contribution in [-0.4, -0.2) is 4.57 Å². The molecule has 3 heterocycles. The molecular formula is C54H34N2OS. The molecule has 0 unspecified atom stereocenters. The molecule has 0 amide bonds. The molecule has 12 rings (SSSR count). The number of hydrogen-bond donors (Lipinski definition) is 0. The van der Waals surface area contributed by atoms with E-state index in [-0.39, 0.29) is 0 Å². The number of anilines is 3. The van der Waals surface area contributed by atoms with Crippen molar-refractivity contribution >= 4 is 92.3 Å². The van der Waals surface area contributed by atoms with Gasteiger partial charge in [-0.25, -0.2) is 0 Å². The van der Waals surface area contributed by atoms with Gasteiger partial charge >= 0.3 is 0 Å². The van der Waals surface area contributed by atoms with Crippen LogP contribution in [0.1, 0.15) is 0 Å². The van der Waals surface area contributed by atoms with E-state index < -0.39 is 0 Å². The first-order valence-corrected chi connectivity index (χ1v) is 20.5. The highest BCUT2D eigenvalue weighted by Gasteiger charge is 2.26. The van der Waals surface area contributed by atoms with Gasteiger partial charge in [0.1, 0.15) is 5.58 Å². The molecule has 0 bridgehead atoms. The van der Waals surface area contributed by atoms with Crippen LogP contribution in [0, 0.1) is 0 Å². The van der Waals surface area contributed by atoms with Crippen LogP contribution in [-0.2, 0) is 0 Å². The molecule has 0 aliphatic heterocycles. The Hall–Kier alpha value is -7.40. The summed E-state index contributed by atoms with van der Waals surface area (Å²) in [6, 6.07) is 74.4. The van der Waals surface area contributed by atoms with Crippen LogP contribution in [0.4, 0.5) is 17.1 Å². The molecule has 0 atom stereocenters. The number of aromatic nitrogens is 1. The zero-order valence-electron chi connectivity index (χ0n) is 31.3. The summed E-state index contributed by atoms with van der Waals surface area (Å²) in [4.78, 5) is 2.45. The van der Waals surface area contributed by atoms with Crippen LogP contribution >= 0.6 is 11.3 Å². The Bertz CT molecular complexity index is 3520. The Morgan fingerprint density at radius 3 is 1.95 bits per heavy atom. The van der Waals surface area contributed by atoms with Crippen molar-refractivity contribution in [3.63, 3.8) is 0 Å².